The molecule has 134 valence electrons. The van der Waals surface area contributed by atoms with Gasteiger partial charge in [0.1, 0.15) is 11.5 Å². The zero-order valence-electron chi connectivity index (χ0n) is 14.3. The SMILES string of the molecule is COc1cccc(N=Nc2c(C)[nH]n(-c3c(O)cc(C)oc3=O)c2=O)c1. The van der Waals surface area contributed by atoms with Crippen molar-refractivity contribution in [3.8, 4) is 17.2 Å². The summed E-state index contributed by atoms with van der Waals surface area (Å²) in [5, 5.41) is 20.7. The lowest BCUT2D eigenvalue weighted by Gasteiger charge is -2.03. The Morgan fingerprint density at radius 3 is 2.65 bits per heavy atom. The minimum absolute atomic E-state index is 0.00666. The molecule has 0 spiro atoms. The molecule has 0 aliphatic rings. The van der Waals surface area contributed by atoms with Crippen LogP contribution in [-0.4, -0.2) is 22.0 Å². The van der Waals surface area contributed by atoms with E-state index in [2.05, 4.69) is 15.3 Å². The van der Waals surface area contributed by atoms with E-state index in [1.54, 1.807) is 31.2 Å². The summed E-state index contributed by atoms with van der Waals surface area (Å²) in [5.41, 5.74) is -0.920. The number of aromatic nitrogens is 2. The Balaban J connectivity index is 2.06. The van der Waals surface area contributed by atoms with Crippen molar-refractivity contribution < 1.29 is 14.3 Å². The Morgan fingerprint density at radius 1 is 1.19 bits per heavy atom. The maximum Gasteiger partial charge on any atom is 0.366 e. The Hall–Kier alpha value is -3.62. The summed E-state index contributed by atoms with van der Waals surface area (Å²) in [7, 11) is 1.53. The number of benzene rings is 1. The van der Waals surface area contributed by atoms with Gasteiger partial charge < -0.3 is 14.3 Å². The fourth-order valence-corrected chi connectivity index (χ4v) is 2.39. The van der Waals surface area contributed by atoms with Crippen LogP contribution in [0.5, 0.6) is 11.5 Å². The van der Waals surface area contributed by atoms with Crippen molar-refractivity contribution in [2.24, 2.45) is 10.2 Å². The van der Waals surface area contributed by atoms with Crippen LogP contribution in [0.1, 0.15) is 11.5 Å². The Bertz CT molecular complexity index is 1110. The molecule has 0 saturated heterocycles. The number of aromatic amines is 1. The van der Waals surface area contributed by atoms with E-state index in [-0.39, 0.29) is 22.9 Å². The second-order valence-corrected chi connectivity index (χ2v) is 5.51. The third-order valence-corrected chi connectivity index (χ3v) is 3.61. The highest BCUT2D eigenvalue weighted by Crippen LogP contribution is 2.23. The fourth-order valence-electron chi connectivity index (χ4n) is 2.39. The molecule has 2 N–H and O–H groups in total. The lowest BCUT2D eigenvalue weighted by atomic mass is 10.3. The van der Waals surface area contributed by atoms with Crippen molar-refractivity contribution in [2.75, 3.05) is 7.11 Å². The van der Waals surface area contributed by atoms with Crippen LogP contribution in [0, 0.1) is 13.8 Å². The highest BCUT2D eigenvalue weighted by molar-refractivity contribution is 5.48. The normalized spacial score (nSPS) is 11.2. The third-order valence-electron chi connectivity index (χ3n) is 3.61. The largest absolute Gasteiger partial charge is 0.505 e. The van der Waals surface area contributed by atoms with E-state index >= 15 is 0 Å². The van der Waals surface area contributed by atoms with Crippen LogP contribution in [0.3, 0.4) is 0 Å². The van der Waals surface area contributed by atoms with Crippen LogP contribution in [-0.2, 0) is 0 Å². The van der Waals surface area contributed by atoms with Gasteiger partial charge in [0, 0.05) is 12.1 Å². The van der Waals surface area contributed by atoms with Crippen molar-refractivity contribution >= 4 is 11.4 Å². The van der Waals surface area contributed by atoms with E-state index in [9.17, 15) is 14.7 Å². The molecule has 0 fully saturated rings. The molecule has 9 nitrogen and oxygen atoms in total. The molecule has 0 saturated carbocycles. The molecule has 2 heterocycles. The van der Waals surface area contributed by atoms with Gasteiger partial charge in [-0.05, 0) is 26.0 Å². The van der Waals surface area contributed by atoms with E-state index in [0.29, 0.717) is 17.1 Å². The molecular weight excluding hydrogens is 340 g/mol. The maximum atomic E-state index is 12.6. The second kappa shape index (κ2) is 6.71. The predicted octanol–water partition coefficient (Wildman–Crippen LogP) is 2.87. The number of hydrogen-bond acceptors (Lipinski definition) is 7. The fraction of sp³-hybridized carbons (Fsp3) is 0.176. The number of H-pyrrole nitrogens is 1. The number of nitrogens with one attached hydrogen (secondary N) is 1. The smallest absolute Gasteiger partial charge is 0.366 e. The molecule has 26 heavy (non-hydrogen) atoms. The molecular formula is C17H16N4O5. The zero-order chi connectivity index (χ0) is 18.8. The van der Waals surface area contributed by atoms with Crippen molar-refractivity contribution in [1.29, 1.82) is 0 Å². The van der Waals surface area contributed by atoms with Crippen LogP contribution >= 0.6 is 0 Å². The first-order chi connectivity index (χ1) is 12.4. The number of rotatable bonds is 4. The Morgan fingerprint density at radius 2 is 1.96 bits per heavy atom. The number of nitrogens with zero attached hydrogens (tertiary/aromatic N) is 3. The minimum Gasteiger partial charge on any atom is -0.505 e. The van der Waals surface area contributed by atoms with Gasteiger partial charge in [0.25, 0.3) is 5.56 Å². The average molecular weight is 356 g/mol. The molecule has 0 atom stereocenters. The lowest BCUT2D eigenvalue weighted by Crippen LogP contribution is -2.21. The highest BCUT2D eigenvalue weighted by atomic mass is 16.5. The summed E-state index contributed by atoms with van der Waals surface area (Å²) in [6, 6.07) is 8.10. The number of azo groups is 1. The van der Waals surface area contributed by atoms with Gasteiger partial charge >= 0.3 is 5.63 Å². The van der Waals surface area contributed by atoms with Gasteiger partial charge in [-0.25, -0.2) is 9.48 Å². The van der Waals surface area contributed by atoms with Gasteiger partial charge in [0.2, 0.25) is 0 Å². The van der Waals surface area contributed by atoms with Crippen molar-refractivity contribution in [3.05, 3.63) is 62.6 Å². The number of aryl methyl sites for hydroxylation is 2. The minimum atomic E-state index is -0.845. The van der Waals surface area contributed by atoms with Gasteiger partial charge in [-0.15, -0.1) is 5.11 Å². The maximum absolute atomic E-state index is 12.6. The molecule has 0 aliphatic carbocycles. The molecule has 1 aromatic carbocycles. The Labute approximate surface area is 147 Å². The summed E-state index contributed by atoms with van der Waals surface area (Å²) < 4.78 is 10.9. The van der Waals surface area contributed by atoms with Crippen LogP contribution in [0.25, 0.3) is 5.69 Å². The van der Waals surface area contributed by atoms with E-state index in [4.69, 9.17) is 9.15 Å². The summed E-state index contributed by atoms with van der Waals surface area (Å²) >= 11 is 0. The molecule has 3 aromatic rings. The van der Waals surface area contributed by atoms with Crippen molar-refractivity contribution in [3.63, 3.8) is 0 Å². The van der Waals surface area contributed by atoms with Crippen molar-refractivity contribution in [1.82, 2.24) is 9.78 Å². The summed E-state index contributed by atoms with van der Waals surface area (Å²) in [5.74, 6) is 0.454. The molecule has 3 rings (SSSR count). The van der Waals surface area contributed by atoms with Gasteiger partial charge in [-0.2, -0.15) is 5.11 Å². The third kappa shape index (κ3) is 3.14. The quantitative estimate of drug-likeness (QED) is 0.696. The van der Waals surface area contributed by atoms with Crippen molar-refractivity contribution in [2.45, 2.75) is 13.8 Å². The van der Waals surface area contributed by atoms with E-state index in [1.807, 2.05) is 0 Å². The van der Waals surface area contributed by atoms with Crippen LogP contribution < -0.4 is 15.9 Å². The molecule has 0 unspecified atom stereocenters. The number of hydrogen-bond donors (Lipinski definition) is 2. The number of methoxy groups -OCH3 is 1. The monoisotopic (exact) mass is 356 g/mol. The summed E-state index contributed by atoms with van der Waals surface area (Å²) in [4.78, 5) is 24.6. The second-order valence-electron chi connectivity index (χ2n) is 5.51. The molecule has 0 radical (unpaired) electrons. The Kier molecular flexibility index (Phi) is 4.44. The standard InChI is InChI=1S/C17H16N4O5/c1-9-7-13(22)15(17(24)26-9)21-16(23)14(10(2)20-21)19-18-11-5-4-6-12(8-11)25-3/h4-8,20,22H,1-3H3. The average Bonchev–Trinajstić information content (AvgIpc) is 2.86. The predicted molar refractivity (Wildman–Crippen MR) is 93.2 cm³/mol. The summed E-state index contributed by atoms with van der Waals surface area (Å²) in [6.45, 7) is 3.12. The zero-order valence-corrected chi connectivity index (χ0v) is 14.3. The highest BCUT2D eigenvalue weighted by Gasteiger charge is 2.19. The van der Waals surface area contributed by atoms with E-state index in [0.717, 1.165) is 4.68 Å². The first-order valence-corrected chi connectivity index (χ1v) is 7.62. The van der Waals surface area contributed by atoms with Gasteiger partial charge in [-0.3, -0.25) is 9.89 Å². The first kappa shape index (κ1) is 17.2. The van der Waals surface area contributed by atoms with Crippen LogP contribution in [0.15, 0.2) is 54.6 Å². The molecule has 2 aromatic heterocycles. The first-order valence-electron chi connectivity index (χ1n) is 7.62. The summed E-state index contributed by atoms with van der Waals surface area (Å²) in [6.07, 6.45) is 0. The van der Waals surface area contributed by atoms with Gasteiger partial charge in [0.15, 0.2) is 17.1 Å². The molecule has 0 aliphatic heterocycles. The van der Waals surface area contributed by atoms with E-state index < -0.39 is 11.2 Å². The molecule has 9 heteroatoms. The lowest BCUT2D eigenvalue weighted by molar-refractivity contribution is 0.415. The molecule has 0 amide bonds. The van der Waals surface area contributed by atoms with Crippen LogP contribution in [0.4, 0.5) is 11.4 Å². The number of aromatic hydroxyl groups is 1. The topological polar surface area (TPSA) is 122 Å². The van der Waals surface area contributed by atoms with Gasteiger partial charge in [-0.1, -0.05) is 6.07 Å². The van der Waals surface area contributed by atoms with Gasteiger partial charge in [0.05, 0.1) is 18.5 Å². The van der Waals surface area contributed by atoms with Crippen LogP contribution in [0.2, 0.25) is 0 Å². The number of ether oxygens (including phenoxy) is 1. The van der Waals surface area contributed by atoms with E-state index in [1.165, 1.54) is 20.1 Å². The molecule has 0 bridgehead atoms.